The maximum Gasteiger partial charge on any atom is 0.413 e. The first-order valence-electron chi connectivity index (χ1n) is 8.12. The number of carbonyl (C=O) groups excluding carboxylic acids is 2. The summed E-state index contributed by atoms with van der Waals surface area (Å²) in [5, 5.41) is 3.34. The molecule has 1 N–H and O–H groups in total. The van der Waals surface area contributed by atoms with E-state index in [0.29, 0.717) is 23.0 Å². The van der Waals surface area contributed by atoms with Crippen molar-refractivity contribution in [3.05, 3.63) is 59.1 Å². The Morgan fingerprint density at radius 1 is 1.12 bits per heavy atom. The predicted molar refractivity (Wildman–Crippen MR) is 102 cm³/mol. The number of hydrogen-bond donors (Lipinski definition) is 1. The van der Waals surface area contributed by atoms with Gasteiger partial charge in [0, 0.05) is 23.4 Å². The van der Waals surface area contributed by atoms with Crippen LogP contribution in [0.1, 0.15) is 12.5 Å². The Morgan fingerprint density at radius 2 is 1.81 bits per heavy atom. The van der Waals surface area contributed by atoms with Gasteiger partial charge in [0.15, 0.2) is 0 Å². The quantitative estimate of drug-likeness (QED) is 0.790. The van der Waals surface area contributed by atoms with Crippen molar-refractivity contribution in [3.8, 4) is 0 Å². The van der Waals surface area contributed by atoms with Gasteiger partial charge in [0.05, 0.1) is 13.2 Å². The highest BCUT2D eigenvalue weighted by Gasteiger charge is 2.11. The molecule has 0 heterocycles. The number of benzene rings is 2. The lowest BCUT2D eigenvalue weighted by molar-refractivity contribution is -0.121. The van der Waals surface area contributed by atoms with Crippen LogP contribution in [0.3, 0.4) is 0 Å². The fourth-order valence-electron chi connectivity index (χ4n) is 2.16. The summed E-state index contributed by atoms with van der Waals surface area (Å²) in [5.41, 5.74) is 2.10. The molecule has 0 radical (unpaired) electrons. The Bertz CT molecular complexity index is 749. The maximum absolute atomic E-state index is 11.9. The Kier molecular flexibility index (Phi) is 7.44. The molecule has 0 atom stereocenters. The lowest BCUT2D eigenvalue weighted by Crippen LogP contribution is -2.27. The van der Waals surface area contributed by atoms with Crippen LogP contribution >= 0.6 is 11.6 Å². The minimum absolute atomic E-state index is 0.0876. The molecule has 0 aliphatic carbocycles. The van der Waals surface area contributed by atoms with E-state index >= 15 is 0 Å². The van der Waals surface area contributed by atoms with E-state index in [9.17, 15) is 9.59 Å². The van der Waals surface area contributed by atoms with Gasteiger partial charge in [0.2, 0.25) is 5.91 Å². The molecule has 2 rings (SSSR count). The van der Waals surface area contributed by atoms with Crippen molar-refractivity contribution in [2.75, 3.05) is 30.5 Å². The van der Waals surface area contributed by atoms with E-state index in [1.165, 1.54) is 4.90 Å². The predicted octanol–water partition coefficient (Wildman–Crippen LogP) is 4.09. The second-order valence-corrected chi connectivity index (χ2v) is 5.84. The summed E-state index contributed by atoms with van der Waals surface area (Å²) in [6.45, 7) is 2.23. The van der Waals surface area contributed by atoms with E-state index in [0.717, 1.165) is 5.56 Å². The number of ether oxygens (including phenoxy) is 2. The third-order valence-corrected chi connectivity index (χ3v) is 3.90. The van der Waals surface area contributed by atoms with Crippen LogP contribution in [-0.2, 0) is 20.9 Å². The third-order valence-electron chi connectivity index (χ3n) is 3.53. The normalized spacial score (nSPS) is 10.3. The zero-order chi connectivity index (χ0) is 18.9. The van der Waals surface area contributed by atoms with Crippen LogP contribution in [0, 0.1) is 0 Å². The molecule has 138 valence electrons. The van der Waals surface area contributed by atoms with Gasteiger partial charge in [-0.1, -0.05) is 29.8 Å². The summed E-state index contributed by atoms with van der Waals surface area (Å²) in [6.07, 6.45) is -0.433. The molecule has 7 heteroatoms. The van der Waals surface area contributed by atoms with Crippen LogP contribution in [0.5, 0.6) is 0 Å². The van der Waals surface area contributed by atoms with Crippen LogP contribution in [0.2, 0.25) is 5.02 Å². The van der Waals surface area contributed by atoms with Gasteiger partial charge in [-0.25, -0.2) is 4.79 Å². The number of carbonyl (C=O) groups is 2. The molecule has 0 aromatic heterocycles. The van der Waals surface area contributed by atoms with Gasteiger partial charge >= 0.3 is 6.09 Å². The molecule has 2 aromatic carbocycles. The van der Waals surface area contributed by atoms with Gasteiger partial charge in [-0.2, -0.15) is 0 Å². The first-order chi connectivity index (χ1) is 12.5. The Morgan fingerprint density at radius 3 is 2.46 bits per heavy atom. The lowest BCUT2D eigenvalue weighted by Gasteiger charge is -2.17. The molecular weight excluding hydrogens is 356 g/mol. The lowest BCUT2D eigenvalue weighted by atomic mass is 10.2. The maximum atomic E-state index is 11.9. The zero-order valence-electron chi connectivity index (χ0n) is 14.7. The first kappa shape index (κ1) is 19.8. The third kappa shape index (κ3) is 5.75. The van der Waals surface area contributed by atoms with E-state index in [-0.39, 0.29) is 19.1 Å². The molecule has 0 aliphatic heterocycles. The first-order valence-corrected chi connectivity index (χ1v) is 8.50. The monoisotopic (exact) mass is 376 g/mol. The summed E-state index contributed by atoms with van der Waals surface area (Å²) in [5.74, 6) is -0.274. The van der Waals surface area contributed by atoms with Crippen molar-refractivity contribution in [1.29, 1.82) is 0 Å². The molecule has 2 aromatic rings. The number of nitrogens with zero attached hydrogens (tertiary/aromatic N) is 1. The highest BCUT2D eigenvalue weighted by atomic mass is 35.5. The smallest absolute Gasteiger partial charge is 0.413 e. The summed E-state index contributed by atoms with van der Waals surface area (Å²) in [6, 6.07) is 14.2. The average molecular weight is 377 g/mol. The van der Waals surface area contributed by atoms with Gasteiger partial charge < -0.3 is 14.8 Å². The van der Waals surface area contributed by atoms with Gasteiger partial charge in [-0.15, -0.1) is 0 Å². The summed E-state index contributed by atoms with van der Waals surface area (Å²) in [4.78, 5) is 25.0. The van der Waals surface area contributed by atoms with E-state index < -0.39 is 6.09 Å². The van der Waals surface area contributed by atoms with Crippen molar-refractivity contribution in [1.82, 2.24) is 0 Å². The Balaban J connectivity index is 1.82. The number of amides is 2. The van der Waals surface area contributed by atoms with E-state index in [4.69, 9.17) is 21.1 Å². The van der Waals surface area contributed by atoms with E-state index in [1.807, 2.05) is 18.2 Å². The minimum atomic E-state index is -0.433. The molecule has 0 saturated carbocycles. The van der Waals surface area contributed by atoms with Crippen molar-refractivity contribution >= 4 is 35.0 Å². The largest absolute Gasteiger partial charge is 0.449 e. The van der Waals surface area contributed by atoms with Crippen LogP contribution in [0.15, 0.2) is 48.5 Å². The molecule has 0 saturated heterocycles. The van der Waals surface area contributed by atoms with Crippen LogP contribution in [0.25, 0.3) is 0 Å². The van der Waals surface area contributed by atoms with Crippen molar-refractivity contribution in [2.45, 2.75) is 13.5 Å². The summed E-state index contributed by atoms with van der Waals surface area (Å²) >= 11 is 6.03. The highest BCUT2D eigenvalue weighted by Crippen LogP contribution is 2.18. The Hall–Kier alpha value is -2.57. The van der Waals surface area contributed by atoms with Crippen LogP contribution in [-0.4, -0.2) is 32.3 Å². The van der Waals surface area contributed by atoms with Crippen molar-refractivity contribution in [3.63, 3.8) is 0 Å². The van der Waals surface area contributed by atoms with Crippen molar-refractivity contribution in [2.24, 2.45) is 0 Å². The number of anilines is 2. The molecule has 0 unspecified atom stereocenters. The molecule has 6 nitrogen and oxygen atoms in total. The van der Waals surface area contributed by atoms with Gasteiger partial charge in [-0.05, 0) is 42.8 Å². The molecule has 0 bridgehead atoms. The SMILES string of the molecule is CCOC(=O)N(C)c1ccc(NC(=O)COCc2ccccc2Cl)cc1. The Labute approximate surface area is 157 Å². The van der Waals surface area contributed by atoms with Gasteiger partial charge in [0.1, 0.15) is 6.61 Å². The number of nitrogens with one attached hydrogen (secondary N) is 1. The second kappa shape index (κ2) is 9.79. The molecular formula is C19H21ClN2O4. The zero-order valence-corrected chi connectivity index (χ0v) is 15.5. The highest BCUT2D eigenvalue weighted by molar-refractivity contribution is 6.31. The minimum Gasteiger partial charge on any atom is -0.449 e. The van der Waals surface area contributed by atoms with Crippen molar-refractivity contribution < 1.29 is 19.1 Å². The number of halogens is 1. The molecule has 0 spiro atoms. The second-order valence-electron chi connectivity index (χ2n) is 5.44. The van der Waals surface area contributed by atoms with E-state index in [1.54, 1.807) is 44.3 Å². The molecule has 2 amide bonds. The fraction of sp³-hybridized carbons (Fsp3) is 0.263. The van der Waals surface area contributed by atoms with Gasteiger partial charge in [0.25, 0.3) is 0 Å². The summed E-state index contributed by atoms with van der Waals surface area (Å²) in [7, 11) is 1.62. The number of hydrogen-bond acceptors (Lipinski definition) is 4. The fourth-order valence-corrected chi connectivity index (χ4v) is 2.35. The standard InChI is InChI=1S/C19H21ClN2O4/c1-3-26-19(24)22(2)16-10-8-15(9-11-16)21-18(23)13-25-12-14-6-4-5-7-17(14)20/h4-11H,3,12-13H2,1-2H3,(H,21,23). The average Bonchev–Trinajstić information content (AvgIpc) is 2.63. The summed E-state index contributed by atoms with van der Waals surface area (Å²) < 4.78 is 10.3. The van der Waals surface area contributed by atoms with E-state index in [2.05, 4.69) is 5.32 Å². The molecule has 0 fully saturated rings. The van der Waals surface area contributed by atoms with Gasteiger partial charge in [-0.3, -0.25) is 9.69 Å². The molecule has 26 heavy (non-hydrogen) atoms. The number of rotatable bonds is 7. The molecule has 0 aliphatic rings. The van der Waals surface area contributed by atoms with Crippen LogP contribution < -0.4 is 10.2 Å². The topological polar surface area (TPSA) is 67.9 Å². The van der Waals surface area contributed by atoms with Crippen LogP contribution in [0.4, 0.5) is 16.2 Å².